The number of halogens is 1. The van der Waals surface area contributed by atoms with Gasteiger partial charge in [-0.25, -0.2) is 4.98 Å². The maximum absolute atomic E-state index is 12.2. The molecule has 2 aromatic heterocycles. The van der Waals surface area contributed by atoms with Crippen LogP contribution >= 0.6 is 15.9 Å². The zero-order chi connectivity index (χ0) is 13.9. The molecule has 2 heterocycles. The van der Waals surface area contributed by atoms with Crippen molar-refractivity contribution in [3.8, 4) is 0 Å². The number of fused-ring (bicyclic) bond motifs is 1. The van der Waals surface area contributed by atoms with Crippen LogP contribution in [0.25, 0.3) is 10.8 Å². The Labute approximate surface area is 124 Å². The molecule has 0 radical (unpaired) electrons. The van der Waals surface area contributed by atoms with Crippen LogP contribution in [-0.2, 0) is 0 Å². The number of nitrogens with one attached hydrogen (secondary N) is 1. The quantitative estimate of drug-likeness (QED) is 0.731. The number of rotatable bonds is 2. The Balaban J connectivity index is 1.95. The summed E-state index contributed by atoms with van der Waals surface area (Å²) in [5.74, 6) is -0.240. The molecule has 1 N–H and O–H groups in total. The van der Waals surface area contributed by atoms with Gasteiger partial charge < -0.3 is 5.32 Å². The number of pyridine rings is 2. The Morgan fingerprint density at radius 3 is 2.80 bits per heavy atom. The third-order valence-corrected chi connectivity index (χ3v) is 3.32. The lowest BCUT2D eigenvalue weighted by Crippen LogP contribution is -2.13. The number of benzene rings is 1. The summed E-state index contributed by atoms with van der Waals surface area (Å²) in [6.07, 6.45) is 3.47. The summed E-state index contributed by atoms with van der Waals surface area (Å²) >= 11 is 3.26. The maximum Gasteiger partial charge on any atom is 0.274 e. The van der Waals surface area contributed by atoms with E-state index >= 15 is 0 Å². The average molecular weight is 328 g/mol. The molecule has 0 spiro atoms. The minimum Gasteiger partial charge on any atom is -0.320 e. The smallest absolute Gasteiger partial charge is 0.274 e. The topological polar surface area (TPSA) is 54.9 Å². The van der Waals surface area contributed by atoms with Crippen LogP contribution in [0.4, 0.5) is 5.69 Å². The van der Waals surface area contributed by atoms with E-state index in [9.17, 15) is 4.79 Å². The lowest BCUT2D eigenvalue weighted by Gasteiger charge is -2.08. The van der Waals surface area contributed by atoms with Gasteiger partial charge in [-0.1, -0.05) is 18.2 Å². The van der Waals surface area contributed by atoms with Crippen LogP contribution in [0.5, 0.6) is 0 Å². The minimum atomic E-state index is -0.240. The zero-order valence-electron chi connectivity index (χ0n) is 10.4. The van der Waals surface area contributed by atoms with Gasteiger partial charge in [0.1, 0.15) is 10.3 Å². The number of carbonyl (C=O) groups excluding carboxylic acids is 1. The summed E-state index contributed by atoms with van der Waals surface area (Å²) in [6.45, 7) is 0. The van der Waals surface area contributed by atoms with E-state index in [4.69, 9.17) is 0 Å². The summed E-state index contributed by atoms with van der Waals surface area (Å²) in [5, 5.41) is 4.81. The van der Waals surface area contributed by atoms with E-state index in [0.29, 0.717) is 10.3 Å². The molecule has 0 atom stereocenters. The summed E-state index contributed by atoms with van der Waals surface area (Å²) in [6, 6.07) is 12.8. The van der Waals surface area contributed by atoms with Gasteiger partial charge in [0.2, 0.25) is 0 Å². The number of hydrogen-bond acceptors (Lipinski definition) is 3. The first kappa shape index (κ1) is 12.7. The first-order valence-corrected chi connectivity index (χ1v) is 6.80. The molecule has 20 heavy (non-hydrogen) atoms. The Hall–Kier alpha value is -2.27. The highest BCUT2D eigenvalue weighted by Gasteiger charge is 2.09. The molecule has 0 bridgehead atoms. The van der Waals surface area contributed by atoms with Crippen molar-refractivity contribution in [3.63, 3.8) is 0 Å². The standard InChI is InChI=1S/C15H10BrN3O/c16-14-6-2-5-13(18-14)15(20)19-12-4-1-3-10-9-17-8-7-11(10)12/h1-9H,(H,19,20). The summed E-state index contributed by atoms with van der Waals surface area (Å²) in [5.41, 5.74) is 1.11. The lowest BCUT2D eigenvalue weighted by atomic mass is 10.1. The SMILES string of the molecule is O=C(Nc1cccc2cnccc12)c1cccc(Br)n1. The Morgan fingerprint density at radius 1 is 1.10 bits per heavy atom. The number of aromatic nitrogens is 2. The van der Waals surface area contributed by atoms with Crippen LogP contribution in [-0.4, -0.2) is 15.9 Å². The van der Waals surface area contributed by atoms with E-state index < -0.39 is 0 Å². The summed E-state index contributed by atoms with van der Waals surface area (Å²) in [7, 11) is 0. The monoisotopic (exact) mass is 327 g/mol. The highest BCUT2D eigenvalue weighted by Crippen LogP contribution is 2.22. The van der Waals surface area contributed by atoms with Gasteiger partial charge in [-0.15, -0.1) is 0 Å². The molecule has 0 aliphatic carbocycles. The fourth-order valence-corrected chi connectivity index (χ4v) is 2.30. The lowest BCUT2D eigenvalue weighted by molar-refractivity contribution is 0.102. The molecule has 0 fully saturated rings. The van der Waals surface area contributed by atoms with Crippen LogP contribution < -0.4 is 5.32 Å². The second-order valence-corrected chi connectivity index (χ2v) is 5.01. The van der Waals surface area contributed by atoms with Crippen LogP contribution in [0, 0.1) is 0 Å². The molecule has 0 saturated heterocycles. The zero-order valence-corrected chi connectivity index (χ0v) is 12.0. The maximum atomic E-state index is 12.2. The number of carbonyl (C=O) groups is 1. The van der Waals surface area contributed by atoms with Crippen molar-refractivity contribution < 1.29 is 4.79 Å². The number of anilines is 1. The molecule has 1 aromatic carbocycles. The van der Waals surface area contributed by atoms with E-state index in [1.807, 2.05) is 24.3 Å². The van der Waals surface area contributed by atoms with Gasteiger partial charge in [-0.3, -0.25) is 9.78 Å². The Bertz CT molecular complexity index is 783. The van der Waals surface area contributed by atoms with Crippen LogP contribution in [0.15, 0.2) is 59.5 Å². The average Bonchev–Trinajstić information content (AvgIpc) is 2.47. The second kappa shape index (κ2) is 5.38. The molecular weight excluding hydrogens is 318 g/mol. The van der Waals surface area contributed by atoms with E-state index in [2.05, 4.69) is 31.2 Å². The predicted molar refractivity (Wildman–Crippen MR) is 81.6 cm³/mol. The molecule has 1 amide bonds. The highest BCUT2D eigenvalue weighted by atomic mass is 79.9. The molecule has 5 heteroatoms. The molecule has 0 aliphatic rings. The predicted octanol–water partition coefficient (Wildman–Crippen LogP) is 3.64. The fraction of sp³-hybridized carbons (Fsp3) is 0. The van der Waals surface area contributed by atoms with Crippen molar-refractivity contribution in [2.75, 3.05) is 5.32 Å². The van der Waals surface area contributed by atoms with E-state index in [-0.39, 0.29) is 5.91 Å². The van der Waals surface area contributed by atoms with Crippen molar-refractivity contribution in [3.05, 3.63) is 65.2 Å². The minimum absolute atomic E-state index is 0.240. The van der Waals surface area contributed by atoms with Gasteiger partial charge in [0, 0.05) is 28.9 Å². The first-order chi connectivity index (χ1) is 9.74. The van der Waals surface area contributed by atoms with Gasteiger partial charge in [-0.05, 0) is 40.2 Å². The fourth-order valence-electron chi connectivity index (χ4n) is 1.95. The molecule has 0 unspecified atom stereocenters. The van der Waals surface area contributed by atoms with Crippen LogP contribution in [0.2, 0.25) is 0 Å². The third kappa shape index (κ3) is 2.53. The van der Waals surface area contributed by atoms with Crippen molar-refractivity contribution >= 4 is 38.3 Å². The highest BCUT2D eigenvalue weighted by molar-refractivity contribution is 9.10. The van der Waals surface area contributed by atoms with E-state index in [1.54, 1.807) is 30.6 Å². The van der Waals surface area contributed by atoms with Crippen molar-refractivity contribution in [2.24, 2.45) is 0 Å². The van der Waals surface area contributed by atoms with Crippen LogP contribution in [0.1, 0.15) is 10.5 Å². The molecule has 3 aromatic rings. The van der Waals surface area contributed by atoms with Gasteiger partial charge >= 0.3 is 0 Å². The van der Waals surface area contributed by atoms with E-state index in [1.165, 1.54) is 0 Å². The molecular formula is C15H10BrN3O. The second-order valence-electron chi connectivity index (χ2n) is 4.20. The van der Waals surface area contributed by atoms with Crippen LogP contribution in [0.3, 0.4) is 0 Å². The Kier molecular flexibility index (Phi) is 3.43. The van der Waals surface area contributed by atoms with Crippen molar-refractivity contribution in [1.82, 2.24) is 9.97 Å². The van der Waals surface area contributed by atoms with Gasteiger partial charge in [0.15, 0.2) is 0 Å². The van der Waals surface area contributed by atoms with Crippen molar-refractivity contribution in [1.29, 1.82) is 0 Å². The number of amides is 1. The normalized spacial score (nSPS) is 10.4. The van der Waals surface area contributed by atoms with Gasteiger partial charge in [0.05, 0.1) is 0 Å². The summed E-state index contributed by atoms with van der Waals surface area (Å²) < 4.78 is 0.632. The largest absolute Gasteiger partial charge is 0.320 e. The number of hydrogen-bond donors (Lipinski definition) is 1. The van der Waals surface area contributed by atoms with E-state index in [0.717, 1.165) is 16.5 Å². The molecule has 3 rings (SSSR count). The number of nitrogens with zero attached hydrogens (tertiary/aromatic N) is 2. The molecule has 0 saturated carbocycles. The third-order valence-electron chi connectivity index (χ3n) is 2.88. The first-order valence-electron chi connectivity index (χ1n) is 6.01. The molecule has 4 nitrogen and oxygen atoms in total. The Morgan fingerprint density at radius 2 is 1.95 bits per heavy atom. The van der Waals surface area contributed by atoms with Gasteiger partial charge in [0.25, 0.3) is 5.91 Å². The summed E-state index contributed by atoms with van der Waals surface area (Å²) in [4.78, 5) is 20.4. The van der Waals surface area contributed by atoms with Crippen molar-refractivity contribution in [2.45, 2.75) is 0 Å². The molecule has 98 valence electrons. The molecule has 0 aliphatic heterocycles. The van der Waals surface area contributed by atoms with Gasteiger partial charge in [-0.2, -0.15) is 0 Å².